The molecule has 1 unspecified atom stereocenters. The highest BCUT2D eigenvalue weighted by Crippen LogP contribution is 2.24. The SMILES string of the molecule is CCc1c(C)nc(C2CN(C(C)C)CCO2)nc1NC. The highest BCUT2D eigenvalue weighted by atomic mass is 16.5. The number of hydrogen-bond acceptors (Lipinski definition) is 5. The first-order chi connectivity index (χ1) is 9.56. The third-order valence-electron chi connectivity index (χ3n) is 3.94. The second-order valence-electron chi connectivity index (χ2n) is 5.55. The average Bonchev–Trinajstić information content (AvgIpc) is 2.46. The standard InChI is InChI=1S/C15H26N4O/c1-6-12-11(4)17-15(18-14(12)16-5)13-9-19(10(2)3)7-8-20-13/h10,13H,6-9H2,1-5H3,(H,16,17,18). The smallest absolute Gasteiger partial charge is 0.161 e. The molecular formula is C15H26N4O. The Morgan fingerprint density at radius 2 is 2.15 bits per heavy atom. The zero-order valence-corrected chi connectivity index (χ0v) is 13.2. The summed E-state index contributed by atoms with van der Waals surface area (Å²) < 4.78 is 5.88. The number of ether oxygens (including phenoxy) is 1. The fourth-order valence-electron chi connectivity index (χ4n) is 2.69. The third-order valence-corrected chi connectivity index (χ3v) is 3.94. The lowest BCUT2D eigenvalue weighted by Gasteiger charge is -2.35. The lowest BCUT2D eigenvalue weighted by Crippen LogP contribution is -2.42. The molecule has 0 spiro atoms. The molecule has 1 fully saturated rings. The average molecular weight is 278 g/mol. The second-order valence-corrected chi connectivity index (χ2v) is 5.55. The van der Waals surface area contributed by atoms with Gasteiger partial charge in [-0.1, -0.05) is 6.92 Å². The summed E-state index contributed by atoms with van der Waals surface area (Å²) in [6, 6.07) is 0.529. The van der Waals surface area contributed by atoms with Crippen molar-refractivity contribution >= 4 is 5.82 Å². The van der Waals surface area contributed by atoms with Crippen LogP contribution in [0.15, 0.2) is 0 Å². The highest BCUT2D eigenvalue weighted by Gasteiger charge is 2.26. The largest absolute Gasteiger partial charge is 0.373 e. The Kier molecular flexibility index (Phi) is 4.94. The highest BCUT2D eigenvalue weighted by molar-refractivity contribution is 5.46. The minimum Gasteiger partial charge on any atom is -0.373 e. The Morgan fingerprint density at radius 1 is 1.40 bits per heavy atom. The monoisotopic (exact) mass is 278 g/mol. The molecule has 0 amide bonds. The lowest BCUT2D eigenvalue weighted by atomic mass is 10.1. The number of nitrogens with one attached hydrogen (secondary N) is 1. The van der Waals surface area contributed by atoms with Crippen molar-refractivity contribution in [3.8, 4) is 0 Å². The summed E-state index contributed by atoms with van der Waals surface area (Å²) in [5, 5.41) is 3.18. The topological polar surface area (TPSA) is 50.3 Å². The summed E-state index contributed by atoms with van der Waals surface area (Å²) >= 11 is 0. The van der Waals surface area contributed by atoms with Gasteiger partial charge >= 0.3 is 0 Å². The molecule has 0 saturated carbocycles. The van der Waals surface area contributed by atoms with Gasteiger partial charge in [-0.25, -0.2) is 9.97 Å². The van der Waals surface area contributed by atoms with E-state index in [0.717, 1.165) is 43.5 Å². The lowest BCUT2D eigenvalue weighted by molar-refractivity contribution is -0.0443. The number of rotatable bonds is 4. The van der Waals surface area contributed by atoms with Gasteiger partial charge in [0, 0.05) is 37.4 Å². The maximum Gasteiger partial charge on any atom is 0.161 e. The van der Waals surface area contributed by atoms with Gasteiger partial charge in [0.05, 0.1) is 6.61 Å². The first-order valence-electron chi connectivity index (χ1n) is 7.47. The minimum atomic E-state index is -0.0251. The number of aromatic nitrogens is 2. The predicted molar refractivity (Wildman–Crippen MR) is 81.1 cm³/mol. The van der Waals surface area contributed by atoms with Crippen LogP contribution in [0.5, 0.6) is 0 Å². The molecule has 2 rings (SSSR count). The Balaban J connectivity index is 2.26. The van der Waals surface area contributed by atoms with Crippen molar-refractivity contribution in [2.75, 3.05) is 32.1 Å². The molecule has 0 radical (unpaired) electrons. The van der Waals surface area contributed by atoms with Gasteiger partial charge in [-0.2, -0.15) is 0 Å². The predicted octanol–water partition coefficient (Wildman–Crippen LogP) is 2.17. The first kappa shape index (κ1) is 15.2. The molecule has 1 aromatic heterocycles. The van der Waals surface area contributed by atoms with Crippen LogP contribution in [-0.2, 0) is 11.2 Å². The van der Waals surface area contributed by atoms with Crippen LogP contribution in [0.25, 0.3) is 0 Å². The van der Waals surface area contributed by atoms with Crippen LogP contribution < -0.4 is 5.32 Å². The Morgan fingerprint density at radius 3 is 2.75 bits per heavy atom. The molecular weight excluding hydrogens is 252 g/mol. The van der Waals surface area contributed by atoms with Gasteiger partial charge in [-0.05, 0) is 27.2 Å². The van der Waals surface area contributed by atoms with E-state index in [-0.39, 0.29) is 6.10 Å². The molecule has 1 atom stereocenters. The Labute approximate surface area is 121 Å². The molecule has 0 bridgehead atoms. The summed E-state index contributed by atoms with van der Waals surface area (Å²) in [6.07, 6.45) is 0.911. The molecule has 1 aromatic rings. The van der Waals surface area contributed by atoms with E-state index in [1.807, 2.05) is 14.0 Å². The molecule has 0 aliphatic carbocycles. The van der Waals surface area contributed by atoms with Crippen molar-refractivity contribution in [3.63, 3.8) is 0 Å². The molecule has 112 valence electrons. The summed E-state index contributed by atoms with van der Waals surface area (Å²) in [4.78, 5) is 11.7. The first-order valence-corrected chi connectivity index (χ1v) is 7.47. The van der Waals surface area contributed by atoms with Crippen LogP contribution in [0.1, 0.15) is 44.0 Å². The quantitative estimate of drug-likeness (QED) is 0.914. The molecule has 5 nitrogen and oxygen atoms in total. The molecule has 5 heteroatoms. The van der Waals surface area contributed by atoms with Crippen LogP contribution in [0, 0.1) is 6.92 Å². The molecule has 1 N–H and O–H groups in total. The number of aryl methyl sites for hydroxylation is 1. The molecule has 1 aliphatic rings. The summed E-state index contributed by atoms with van der Waals surface area (Å²) in [6.45, 7) is 11.2. The molecule has 1 saturated heterocycles. The maximum absolute atomic E-state index is 5.88. The van der Waals surface area contributed by atoms with Crippen molar-refractivity contribution in [3.05, 3.63) is 17.1 Å². The minimum absolute atomic E-state index is 0.0251. The van der Waals surface area contributed by atoms with E-state index in [1.165, 1.54) is 5.56 Å². The normalized spacial score (nSPS) is 20.4. The Hall–Kier alpha value is -1.20. The fraction of sp³-hybridized carbons (Fsp3) is 0.733. The van der Waals surface area contributed by atoms with Gasteiger partial charge in [-0.15, -0.1) is 0 Å². The Bertz CT molecular complexity index is 461. The van der Waals surface area contributed by atoms with E-state index in [4.69, 9.17) is 4.74 Å². The van der Waals surface area contributed by atoms with Crippen LogP contribution >= 0.6 is 0 Å². The molecule has 2 heterocycles. The van der Waals surface area contributed by atoms with Gasteiger partial charge in [0.25, 0.3) is 0 Å². The molecule has 1 aliphatic heterocycles. The van der Waals surface area contributed by atoms with Crippen molar-refractivity contribution in [1.29, 1.82) is 0 Å². The number of nitrogens with zero attached hydrogens (tertiary/aromatic N) is 3. The van der Waals surface area contributed by atoms with E-state index in [0.29, 0.717) is 6.04 Å². The van der Waals surface area contributed by atoms with Crippen molar-refractivity contribution in [1.82, 2.24) is 14.9 Å². The summed E-state index contributed by atoms with van der Waals surface area (Å²) in [5.41, 5.74) is 2.24. The second kappa shape index (κ2) is 6.50. The van der Waals surface area contributed by atoms with E-state index in [1.54, 1.807) is 0 Å². The summed E-state index contributed by atoms with van der Waals surface area (Å²) in [7, 11) is 1.91. The number of anilines is 1. The maximum atomic E-state index is 5.88. The summed E-state index contributed by atoms with van der Waals surface area (Å²) in [5.74, 6) is 1.73. The third kappa shape index (κ3) is 3.10. The van der Waals surface area contributed by atoms with Gasteiger partial charge in [0.2, 0.25) is 0 Å². The number of morpholine rings is 1. The van der Waals surface area contributed by atoms with Gasteiger partial charge < -0.3 is 10.1 Å². The van der Waals surface area contributed by atoms with Gasteiger partial charge in [0.15, 0.2) is 5.82 Å². The van der Waals surface area contributed by atoms with Crippen LogP contribution in [0.2, 0.25) is 0 Å². The van der Waals surface area contributed by atoms with Crippen molar-refractivity contribution in [2.24, 2.45) is 0 Å². The van der Waals surface area contributed by atoms with Crippen LogP contribution in [0.4, 0.5) is 5.82 Å². The fourth-order valence-corrected chi connectivity index (χ4v) is 2.69. The molecule has 20 heavy (non-hydrogen) atoms. The molecule has 0 aromatic carbocycles. The van der Waals surface area contributed by atoms with Crippen LogP contribution in [-0.4, -0.2) is 47.7 Å². The van der Waals surface area contributed by atoms with E-state index >= 15 is 0 Å². The van der Waals surface area contributed by atoms with Crippen molar-refractivity contribution in [2.45, 2.75) is 46.3 Å². The van der Waals surface area contributed by atoms with Crippen molar-refractivity contribution < 1.29 is 4.74 Å². The van der Waals surface area contributed by atoms with Crippen LogP contribution in [0.3, 0.4) is 0 Å². The zero-order valence-electron chi connectivity index (χ0n) is 13.2. The van der Waals surface area contributed by atoms with E-state index in [9.17, 15) is 0 Å². The van der Waals surface area contributed by atoms with Gasteiger partial charge in [0.1, 0.15) is 11.9 Å². The zero-order chi connectivity index (χ0) is 14.7. The van der Waals surface area contributed by atoms with E-state index < -0.39 is 0 Å². The number of hydrogen-bond donors (Lipinski definition) is 1. The van der Waals surface area contributed by atoms with E-state index in [2.05, 4.69) is 41.0 Å². The van der Waals surface area contributed by atoms with Gasteiger partial charge in [-0.3, -0.25) is 4.90 Å².